The highest BCUT2D eigenvalue weighted by Gasteiger charge is 2.46. The summed E-state index contributed by atoms with van der Waals surface area (Å²) in [5.74, 6) is 0. The maximum Gasteiger partial charge on any atom is 0.264 e. The van der Waals surface area contributed by atoms with E-state index in [-0.39, 0.29) is 17.5 Å². The Bertz CT molecular complexity index is 2560. The summed E-state index contributed by atoms with van der Waals surface area (Å²) in [5, 5.41) is 1.33. The Morgan fingerprint density at radius 1 is 0.577 bits per heavy atom. The minimum atomic E-state index is 0.0985. The molecule has 3 heterocycles. The average molecular weight is 691 g/mol. The lowest BCUT2D eigenvalue weighted by Gasteiger charge is -2.45. The van der Waals surface area contributed by atoms with E-state index in [1.54, 1.807) is 0 Å². The molecule has 3 aliphatic rings. The van der Waals surface area contributed by atoms with Gasteiger partial charge in [-0.2, -0.15) is 0 Å². The zero-order chi connectivity index (χ0) is 35.5. The number of hydrogen-bond donors (Lipinski definition) is 0. The van der Waals surface area contributed by atoms with Crippen molar-refractivity contribution in [2.75, 3.05) is 9.80 Å². The van der Waals surface area contributed by atoms with E-state index in [0.29, 0.717) is 0 Å². The molecule has 1 aromatic heterocycles. The molecule has 0 bridgehead atoms. The zero-order valence-electron chi connectivity index (χ0n) is 30.9. The van der Waals surface area contributed by atoms with Crippen LogP contribution in [0.5, 0.6) is 0 Å². The Morgan fingerprint density at radius 3 is 2.00 bits per heavy atom. The normalized spacial score (nSPS) is 16.3. The number of rotatable bonds is 3. The van der Waals surface area contributed by atoms with Gasteiger partial charge in [0.15, 0.2) is 0 Å². The van der Waals surface area contributed by atoms with Gasteiger partial charge in [-0.25, -0.2) is 0 Å². The number of fused-ring (bicyclic) bond motifs is 7. The van der Waals surface area contributed by atoms with Gasteiger partial charge in [0, 0.05) is 43.3 Å². The summed E-state index contributed by atoms with van der Waals surface area (Å²) in [6.07, 6.45) is 2.39. The van der Waals surface area contributed by atoms with Crippen molar-refractivity contribution in [2.45, 2.75) is 65.2 Å². The molecular weight excluding hydrogens is 647 g/mol. The molecule has 1 aliphatic carbocycles. The van der Waals surface area contributed by atoms with E-state index in [2.05, 4.69) is 179 Å². The van der Waals surface area contributed by atoms with Gasteiger partial charge in [0.2, 0.25) is 0 Å². The largest absolute Gasteiger partial charge is 0.311 e. The first-order valence-corrected chi connectivity index (χ1v) is 19.6. The molecule has 0 spiro atoms. The minimum Gasteiger partial charge on any atom is -0.311 e. The second-order valence-corrected chi connectivity index (χ2v) is 17.6. The molecule has 10 rings (SSSR count). The standard InChI is InChI=1S/C48H43BN2S/c1-30-15-14-16-31(2)43(30)32-27-40-44-41(28-32)51(34-23-24-36-37(29-34)48(5,6)26-25-47(36,3)4)45-35-19-10-13-22-42(35)52-46(45)49(44)38-20-11-12-21-39(38)50(40)33-17-8-7-9-18-33/h7-24,27-29H,25-26H2,1-6H3. The van der Waals surface area contributed by atoms with Crippen LogP contribution in [0.4, 0.5) is 34.1 Å². The first-order valence-electron chi connectivity index (χ1n) is 18.8. The molecule has 7 aromatic rings. The molecular formula is C48H43BN2S. The molecule has 52 heavy (non-hydrogen) atoms. The van der Waals surface area contributed by atoms with Crippen molar-refractivity contribution in [2.24, 2.45) is 0 Å². The maximum absolute atomic E-state index is 2.65. The van der Waals surface area contributed by atoms with Crippen LogP contribution >= 0.6 is 11.3 Å². The third-order valence-corrected chi connectivity index (χ3v) is 13.6. The van der Waals surface area contributed by atoms with Crippen LogP contribution in [0, 0.1) is 13.8 Å². The summed E-state index contributed by atoms with van der Waals surface area (Å²) in [7, 11) is 0. The molecule has 0 saturated heterocycles. The molecule has 0 unspecified atom stereocenters. The molecule has 0 atom stereocenters. The fourth-order valence-electron chi connectivity index (χ4n) is 9.63. The highest BCUT2D eigenvalue weighted by atomic mass is 32.1. The number of benzene rings is 6. The quantitative estimate of drug-likeness (QED) is 0.170. The molecule has 0 saturated carbocycles. The van der Waals surface area contributed by atoms with Crippen molar-refractivity contribution < 1.29 is 0 Å². The molecule has 6 aromatic carbocycles. The zero-order valence-corrected chi connectivity index (χ0v) is 31.7. The number of thiophene rings is 1. The highest BCUT2D eigenvalue weighted by molar-refractivity contribution is 7.33. The van der Waals surface area contributed by atoms with E-state index >= 15 is 0 Å². The third-order valence-electron chi connectivity index (χ3n) is 12.4. The third kappa shape index (κ3) is 4.50. The van der Waals surface area contributed by atoms with Gasteiger partial charge in [0.1, 0.15) is 0 Å². The second kappa shape index (κ2) is 11.2. The molecule has 0 fully saturated rings. The van der Waals surface area contributed by atoms with E-state index < -0.39 is 0 Å². The number of hydrogen-bond acceptors (Lipinski definition) is 3. The molecule has 2 aliphatic heterocycles. The van der Waals surface area contributed by atoms with Crippen LogP contribution in [-0.2, 0) is 10.8 Å². The van der Waals surface area contributed by atoms with Crippen LogP contribution in [0.15, 0.2) is 127 Å². The van der Waals surface area contributed by atoms with Crippen molar-refractivity contribution in [3.8, 4) is 11.1 Å². The Labute approximate surface area is 312 Å². The Balaban J connectivity index is 1.36. The number of aryl methyl sites for hydroxylation is 2. The Hall–Kier alpha value is -5.06. The van der Waals surface area contributed by atoms with Gasteiger partial charge in [-0.3, -0.25) is 0 Å². The minimum absolute atomic E-state index is 0.0985. The first kappa shape index (κ1) is 31.7. The number of nitrogens with zero attached hydrogens (tertiary/aromatic N) is 2. The van der Waals surface area contributed by atoms with E-state index in [0.717, 1.165) is 0 Å². The van der Waals surface area contributed by atoms with Gasteiger partial charge in [0.25, 0.3) is 6.71 Å². The predicted molar refractivity (Wildman–Crippen MR) is 226 cm³/mol. The summed E-state index contributed by atoms with van der Waals surface area (Å²) in [4.78, 5) is 5.17. The van der Waals surface area contributed by atoms with Crippen molar-refractivity contribution in [1.82, 2.24) is 0 Å². The highest BCUT2D eigenvalue weighted by Crippen LogP contribution is 2.52. The topological polar surface area (TPSA) is 6.48 Å². The van der Waals surface area contributed by atoms with E-state index in [1.807, 2.05) is 11.3 Å². The summed E-state index contributed by atoms with van der Waals surface area (Å²) < 4.78 is 2.76. The average Bonchev–Trinajstić information content (AvgIpc) is 3.53. The van der Waals surface area contributed by atoms with Gasteiger partial charge in [-0.05, 0) is 130 Å². The van der Waals surface area contributed by atoms with Crippen molar-refractivity contribution >= 4 is 78.0 Å². The number of anilines is 6. The second-order valence-electron chi connectivity index (χ2n) is 16.5. The lowest BCUT2D eigenvalue weighted by Crippen LogP contribution is -2.60. The van der Waals surface area contributed by atoms with Gasteiger partial charge in [0.05, 0.1) is 5.69 Å². The predicted octanol–water partition coefficient (Wildman–Crippen LogP) is 11.6. The Morgan fingerprint density at radius 2 is 1.23 bits per heavy atom. The van der Waals surface area contributed by atoms with E-state index in [9.17, 15) is 0 Å². The molecule has 0 N–H and O–H groups in total. The molecule has 2 nitrogen and oxygen atoms in total. The van der Waals surface area contributed by atoms with Gasteiger partial charge in [-0.1, -0.05) is 107 Å². The van der Waals surface area contributed by atoms with Gasteiger partial charge in [-0.15, -0.1) is 11.3 Å². The van der Waals surface area contributed by atoms with Gasteiger partial charge >= 0.3 is 0 Å². The Kier molecular flexibility index (Phi) is 6.83. The van der Waals surface area contributed by atoms with Crippen LogP contribution in [0.1, 0.15) is 62.8 Å². The summed E-state index contributed by atoms with van der Waals surface area (Å²) >= 11 is 1.97. The lowest BCUT2D eigenvalue weighted by atomic mass is 9.36. The molecule has 254 valence electrons. The summed E-state index contributed by atoms with van der Waals surface area (Å²) in [6.45, 7) is 14.4. The van der Waals surface area contributed by atoms with Crippen LogP contribution < -0.4 is 25.5 Å². The maximum atomic E-state index is 2.65. The number of para-hydroxylation sites is 2. The van der Waals surface area contributed by atoms with E-state index in [4.69, 9.17) is 0 Å². The van der Waals surface area contributed by atoms with Gasteiger partial charge < -0.3 is 9.80 Å². The smallest absolute Gasteiger partial charge is 0.264 e. The van der Waals surface area contributed by atoms with Crippen molar-refractivity contribution in [1.29, 1.82) is 0 Å². The SMILES string of the molecule is Cc1cccc(C)c1-c1cc2c3c(c1)N(c1ccc4c(c1)C(C)(C)CCC4(C)C)c1c(sc4ccccc14)B3c1ccccc1N2c1ccccc1. The first-order chi connectivity index (χ1) is 25.1. The van der Waals surface area contributed by atoms with E-state index in [1.165, 1.54) is 106 Å². The summed E-state index contributed by atoms with van der Waals surface area (Å²) in [6, 6.07) is 48.3. The fourth-order valence-corrected chi connectivity index (χ4v) is 11.0. The van der Waals surface area contributed by atoms with Crippen LogP contribution in [0.25, 0.3) is 21.2 Å². The monoisotopic (exact) mass is 690 g/mol. The summed E-state index contributed by atoms with van der Waals surface area (Å²) in [5.41, 5.74) is 18.7. The lowest BCUT2D eigenvalue weighted by molar-refractivity contribution is 0.332. The molecule has 0 radical (unpaired) electrons. The molecule has 0 amide bonds. The fraction of sp³-hybridized carbons (Fsp3) is 0.208. The van der Waals surface area contributed by atoms with Crippen LogP contribution in [0.2, 0.25) is 0 Å². The van der Waals surface area contributed by atoms with Crippen LogP contribution in [0.3, 0.4) is 0 Å². The molecule has 4 heteroatoms. The van der Waals surface area contributed by atoms with Crippen molar-refractivity contribution in [3.63, 3.8) is 0 Å². The van der Waals surface area contributed by atoms with Crippen LogP contribution in [-0.4, -0.2) is 6.71 Å². The van der Waals surface area contributed by atoms with Crippen molar-refractivity contribution in [3.05, 3.63) is 150 Å².